The summed E-state index contributed by atoms with van der Waals surface area (Å²) in [5, 5.41) is 0. The van der Waals surface area contributed by atoms with Crippen LogP contribution in [-0.4, -0.2) is 23.9 Å². The third-order valence-corrected chi connectivity index (χ3v) is 3.65. The van der Waals surface area contributed by atoms with E-state index >= 15 is 0 Å². The third kappa shape index (κ3) is 2.57. The molecule has 0 radical (unpaired) electrons. The first-order valence-electron chi connectivity index (χ1n) is 6.89. The second-order valence-corrected chi connectivity index (χ2v) is 5.09. The molecule has 0 aliphatic carbocycles. The Labute approximate surface area is 117 Å². The molecule has 1 amide bonds. The van der Waals surface area contributed by atoms with Crippen LogP contribution < -0.4 is 0 Å². The van der Waals surface area contributed by atoms with Crippen LogP contribution in [0, 0.1) is 5.82 Å². The van der Waals surface area contributed by atoms with Gasteiger partial charge in [0.1, 0.15) is 5.82 Å². The predicted octanol–water partition coefficient (Wildman–Crippen LogP) is 3.73. The largest absolute Gasteiger partial charge is 0.339 e. The maximum absolute atomic E-state index is 13.8. The van der Waals surface area contributed by atoms with Gasteiger partial charge in [0.15, 0.2) is 0 Å². The average molecular weight is 269 g/mol. The van der Waals surface area contributed by atoms with Crippen molar-refractivity contribution in [3.8, 4) is 11.1 Å². The fraction of sp³-hybridized carbons (Fsp3) is 0.235. The number of amides is 1. The van der Waals surface area contributed by atoms with Gasteiger partial charge in [-0.25, -0.2) is 4.39 Å². The molecule has 3 rings (SSSR count). The van der Waals surface area contributed by atoms with E-state index in [4.69, 9.17) is 0 Å². The molecule has 0 unspecified atom stereocenters. The number of carbonyl (C=O) groups is 1. The number of likely N-dealkylation sites (tertiary alicyclic amines) is 1. The van der Waals surface area contributed by atoms with Crippen LogP contribution in [-0.2, 0) is 0 Å². The van der Waals surface area contributed by atoms with Crippen molar-refractivity contribution >= 4 is 5.91 Å². The molecule has 2 aromatic rings. The van der Waals surface area contributed by atoms with Gasteiger partial charge in [-0.1, -0.05) is 30.3 Å². The highest BCUT2D eigenvalue weighted by Crippen LogP contribution is 2.23. The summed E-state index contributed by atoms with van der Waals surface area (Å²) in [5.74, 6) is -0.437. The SMILES string of the molecule is O=C(c1cc(F)cc(-c2ccccc2)c1)N1CCCC1. The average Bonchev–Trinajstić information content (AvgIpc) is 3.01. The summed E-state index contributed by atoms with van der Waals surface area (Å²) in [6, 6.07) is 14.1. The summed E-state index contributed by atoms with van der Waals surface area (Å²) < 4.78 is 13.8. The molecule has 0 spiro atoms. The van der Waals surface area contributed by atoms with Crippen LogP contribution >= 0.6 is 0 Å². The van der Waals surface area contributed by atoms with Crippen LogP contribution in [0.2, 0.25) is 0 Å². The fourth-order valence-electron chi connectivity index (χ4n) is 2.61. The summed E-state index contributed by atoms with van der Waals surface area (Å²) in [6.45, 7) is 1.55. The van der Waals surface area contributed by atoms with Crippen LogP contribution in [0.5, 0.6) is 0 Å². The molecule has 0 atom stereocenters. The first-order chi connectivity index (χ1) is 9.74. The third-order valence-electron chi connectivity index (χ3n) is 3.65. The van der Waals surface area contributed by atoms with E-state index in [1.165, 1.54) is 12.1 Å². The van der Waals surface area contributed by atoms with Gasteiger partial charge in [-0.3, -0.25) is 4.79 Å². The molecule has 3 heteroatoms. The zero-order valence-corrected chi connectivity index (χ0v) is 11.2. The first kappa shape index (κ1) is 12.9. The lowest BCUT2D eigenvalue weighted by molar-refractivity contribution is 0.0792. The summed E-state index contributed by atoms with van der Waals surface area (Å²) in [4.78, 5) is 14.1. The molecule has 1 fully saturated rings. The normalized spacial score (nSPS) is 14.6. The monoisotopic (exact) mass is 269 g/mol. The molecule has 1 heterocycles. The highest BCUT2D eigenvalue weighted by Gasteiger charge is 2.20. The van der Waals surface area contributed by atoms with Crippen molar-refractivity contribution in [1.82, 2.24) is 4.90 Å². The molecule has 0 saturated carbocycles. The van der Waals surface area contributed by atoms with Crippen LogP contribution in [0.1, 0.15) is 23.2 Å². The van der Waals surface area contributed by atoms with Gasteiger partial charge >= 0.3 is 0 Å². The minimum Gasteiger partial charge on any atom is -0.339 e. The highest BCUT2D eigenvalue weighted by molar-refractivity contribution is 5.95. The Balaban J connectivity index is 1.96. The Morgan fingerprint density at radius 1 is 0.950 bits per heavy atom. The lowest BCUT2D eigenvalue weighted by Crippen LogP contribution is -2.27. The minimum absolute atomic E-state index is 0.0702. The number of halogens is 1. The van der Waals surface area contributed by atoms with Gasteiger partial charge in [-0.2, -0.15) is 0 Å². The molecule has 102 valence electrons. The van der Waals surface area contributed by atoms with E-state index in [-0.39, 0.29) is 11.7 Å². The van der Waals surface area contributed by atoms with Crippen LogP contribution in [0.25, 0.3) is 11.1 Å². The number of rotatable bonds is 2. The predicted molar refractivity (Wildman–Crippen MR) is 77.0 cm³/mol. The van der Waals surface area contributed by atoms with Gasteiger partial charge in [0.05, 0.1) is 0 Å². The summed E-state index contributed by atoms with van der Waals surface area (Å²) in [7, 11) is 0. The second-order valence-electron chi connectivity index (χ2n) is 5.09. The molecule has 0 aromatic heterocycles. The van der Waals surface area contributed by atoms with E-state index in [2.05, 4.69) is 0 Å². The number of hydrogen-bond acceptors (Lipinski definition) is 1. The maximum atomic E-state index is 13.8. The number of nitrogens with zero attached hydrogens (tertiary/aromatic N) is 1. The van der Waals surface area contributed by atoms with Crippen LogP contribution in [0.3, 0.4) is 0 Å². The zero-order valence-electron chi connectivity index (χ0n) is 11.2. The summed E-state index contributed by atoms with van der Waals surface area (Å²) >= 11 is 0. The molecular weight excluding hydrogens is 253 g/mol. The Morgan fingerprint density at radius 2 is 1.65 bits per heavy atom. The lowest BCUT2D eigenvalue weighted by Gasteiger charge is -2.16. The van der Waals surface area contributed by atoms with Crippen molar-refractivity contribution in [1.29, 1.82) is 0 Å². The van der Waals surface area contributed by atoms with Gasteiger partial charge in [-0.05, 0) is 42.2 Å². The Hall–Kier alpha value is -2.16. The molecule has 1 aliphatic rings. The van der Waals surface area contributed by atoms with Crippen molar-refractivity contribution in [3.05, 3.63) is 59.9 Å². The van der Waals surface area contributed by atoms with E-state index < -0.39 is 0 Å². The van der Waals surface area contributed by atoms with Gasteiger partial charge < -0.3 is 4.90 Å². The standard InChI is InChI=1S/C17H16FNO/c18-16-11-14(13-6-2-1-3-7-13)10-15(12-16)17(20)19-8-4-5-9-19/h1-3,6-7,10-12H,4-5,8-9H2. The van der Waals surface area contributed by atoms with Crippen molar-refractivity contribution in [2.24, 2.45) is 0 Å². The van der Waals surface area contributed by atoms with Crippen molar-refractivity contribution < 1.29 is 9.18 Å². The smallest absolute Gasteiger partial charge is 0.253 e. The zero-order chi connectivity index (χ0) is 13.9. The van der Waals surface area contributed by atoms with E-state index in [0.29, 0.717) is 5.56 Å². The highest BCUT2D eigenvalue weighted by atomic mass is 19.1. The van der Waals surface area contributed by atoms with Gasteiger partial charge in [0.25, 0.3) is 5.91 Å². The Bertz CT molecular complexity index is 618. The van der Waals surface area contributed by atoms with Crippen molar-refractivity contribution in [3.63, 3.8) is 0 Å². The molecule has 0 bridgehead atoms. The van der Waals surface area contributed by atoms with Gasteiger partial charge in [0, 0.05) is 18.7 Å². The maximum Gasteiger partial charge on any atom is 0.253 e. The van der Waals surface area contributed by atoms with Crippen molar-refractivity contribution in [2.75, 3.05) is 13.1 Å². The molecule has 2 nitrogen and oxygen atoms in total. The summed E-state index contributed by atoms with van der Waals surface area (Å²) in [6.07, 6.45) is 2.07. The van der Waals surface area contributed by atoms with Crippen molar-refractivity contribution in [2.45, 2.75) is 12.8 Å². The van der Waals surface area contributed by atoms with E-state index in [1.54, 1.807) is 11.0 Å². The lowest BCUT2D eigenvalue weighted by atomic mass is 10.0. The van der Waals surface area contributed by atoms with Gasteiger partial charge in [-0.15, -0.1) is 0 Å². The minimum atomic E-state index is -0.367. The molecule has 1 saturated heterocycles. The molecular formula is C17H16FNO. The molecule has 20 heavy (non-hydrogen) atoms. The quantitative estimate of drug-likeness (QED) is 0.813. The molecule has 0 N–H and O–H groups in total. The second kappa shape index (κ2) is 5.45. The number of hydrogen-bond donors (Lipinski definition) is 0. The fourth-order valence-corrected chi connectivity index (χ4v) is 2.61. The van der Waals surface area contributed by atoms with Gasteiger partial charge in [0.2, 0.25) is 0 Å². The number of carbonyl (C=O) groups excluding carboxylic acids is 1. The Kier molecular flexibility index (Phi) is 3.50. The first-order valence-corrected chi connectivity index (χ1v) is 6.89. The van der Waals surface area contributed by atoms with Crippen LogP contribution in [0.4, 0.5) is 4.39 Å². The molecule has 1 aliphatic heterocycles. The Morgan fingerprint density at radius 3 is 2.35 bits per heavy atom. The topological polar surface area (TPSA) is 20.3 Å². The van der Waals surface area contributed by atoms with E-state index in [1.807, 2.05) is 30.3 Å². The van der Waals surface area contributed by atoms with E-state index in [0.717, 1.165) is 37.1 Å². The summed E-state index contributed by atoms with van der Waals surface area (Å²) in [5.41, 5.74) is 2.10. The van der Waals surface area contributed by atoms with Crippen LogP contribution in [0.15, 0.2) is 48.5 Å². The molecule has 2 aromatic carbocycles. The number of benzene rings is 2. The van der Waals surface area contributed by atoms with E-state index in [9.17, 15) is 9.18 Å².